The molecule has 118 valence electrons. The lowest BCUT2D eigenvalue weighted by molar-refractivity contribution is 0.364. The molecule has 0 aromatic heterocycles. The molecule has 2 aromatic rings. The van der Waals surface area contributed by atoms with Gasteiger partial charge in [0.15, 0.2) is 4.98 Å². The molecule has 0 amide bonds. The van der Waals surface area contributed by atoms with Crippen LogP contribution in [0.3, 0.4) is 0 Å². The quantitative estimate of drug-likeness (QED) is 0.424. The van der Waals surface area contributed by atoms with E-state index in [0.29, 0.717) is 23.3 Å². The lowest BCUT2D eigenvalue weighted by Gasteiger charge is -2.40. The highest BCUT2D eigenvalue weighted by Crippen LogP contribution is 3.02. The van der Waals surface area contributed by atoms with Crippen molar-refractivity contribution >= 4 is 15.9 Å². The predicted molar refractivity (Wildman–Crippen MR) is 77.5 cm³/mol. The van der Waals surface area contributed by atoms with Gasteiger partial charge in [0.1, 0.15) is 4.90 Å². The maximum Gasteiger partial charge on any atom is 0.393 e. The van der Waals surface area contributed by atoms with Crippen LogP contribution in [0.1, 0.15) is 11.1 Å². The second-order valence-electron chi connectivity index (χ2n) is 5.07. The van der Waals surface area contributed by atoms with Crippen LogP contribution in [-0.4, -0.2) is 0 Å². The van der Waals surface area contributed by atoms with Crippen LogP contribution in [0.15, 0.2) is 41.3 Å². The van der Waals surface area contributed by atoms with Gasteiger partial charge in [-0.1, -0.05) is 31.6 Å². The van der Waals surface area contributed by atoms with Crippen molar-refractivity contribution in [2.24, 2.45) is 0 Å². The van der Waals surface area contributed by atoms with E-state index in [9.17, 15) is 19.4 Å². The highest BCUT2D eigenvalue weighted by molar-refractivity contribution is 8.45. The van der Waals surface area contributed by atoms with Gasteiger partial charge in [0.25, 0.3) is 0 Å². The molecule has 0 N–H and O–H groups in total. The van der Waals surface area contributed by atoms with Gasteiger partial charge < -0.3 is 0 Å². The minimum absolute atomic E-state index is 0.0134. The molecule has 0 spiro atoms. The number of halogens is 5. The van der Waals surface area contributed by atoms with Crippen molar-refractivity contribution in [1.82, 2.24) is 0 Å². The van der Waals surface area contributed by atoms with Crippen LogP contribution in [0, 0.1) is 19.2 Å². The van der Waals surface area contributed by atoms with Crippen molar-refractivity contribution in [1.29, 1.82) is 5.39 Å². The van der Waals surface area contributed by atoms with Gasteiger partial charge in [-0.25, -0.2) is 0 Å². The molecule has 2 rings (SSSR count). The molecule has 8 heteroatoms. The fourth-order valence-electron chi connectivity index (χ4n) is 2.13. The zero-order chi connectivity index (χ0) is 16.8. The van der Waals surface area contributed by atoms with E-state index >= 15 is 0 Å². The number of diazo groups is 1. The molecule has 0 aliphatic heterocycles. The number of aryl methyl sites for hydroxylation is 2. The van der Waals surface area contributed by atoms with E-state index in [1.54, 1.807) is 19.1 Å². The Balaban J connectivity index is 2.66. The second-order valence-corrected chi connectivity index (χ2v) is 7.48. The number of hydrogen-bond donors (Lipinski definition) is 0. The number of hydrogen-bond acceptors (Lipinski definition) is 1. The van der Waals surface area contributed by atoms with E-state index in [2.05, 4.69) is 4.98 Å². The first-order valence-electron chi connectivity index (χ1n) is 6.13. The fraction of sp³-hybridized carbons (Fsp3) is 0.143. The summed E-state index contributed by atoms with van der Waals surface area (Å²) in [5.74, 6) is 0. The standard InChI is InChI=1S/C14H12F5N2S/c1-9-3-5-13(14(7-9)21-20)12-6-4-11(8-10(12)2)22(15,16,17,18)19/h3-8H,1-2H3/q+1. The van der Waals surface area contributed by atoms with Gasteiger partial charge in [0, 0.05) is 6.07 Å². The molecule has 0 aliphatic rings. The monoisotopic (exact) mass is 335 g/mol. The molecule has 22 heavy (non-hydrogen) atoms. The molecular weight excluding hydrogens is 323 g/mol. The zero-order valence-corrected chi connectivity index (χ0v) is 12.5. The Morgan fingerprint density at radius 3 is 1.95 bits per heavy atom. The SMILES string of the molecule is Cc1ccc(-c2ccc(S(F)(F)(F)(F)F)cc2C)c([N+]#N)c1. The fourth-order valence-corrected chi connectivity index (χ4v) is 2.86. The highest BCUT2D eigenvalue weighted by Gasteiger charge is 2.65. The largest absolute Gasteiger partial charge is 0.393 e. The van der Waals surface area contributed by atoms with E-state index in [-0.39, 0.29) is 11.3 Å². The molecule has 2 aromatic carbocycles. The Morgan fingerprint density at radius 1 is 0.864 bits per heavy atom. The second kappa shape index (κ2) is 4.20. The Bertz CT molecular complexity index is 807. The average Bonchev–Trinajstić information content (AvgIpc) is 2.36. The van der Waals surface area contributed by atoms with Gasteiger partial charge in [-0.15, -0.1) is 0 Å². The molecule has 0 radical (unpaired) electrons. The third-order valence-electron chi connectivity index (χ3n) is 3.19. The highest BCUT2D eigenvalue weighted by atomic mass is 32.5. The first-order valence-corrected chi connectivity index (χ1v) is 8.08. The summed E-state index contributed by atoms with van der Waals surface area (Å²) in [6, 6.07) is 6.51. The van der Waals surface area contributed by atoms with Crippen LogP contribution in [0.4, 0.5) is 25.1 Å². The summed E-state index contributed by atoms with van der Waals surface area (Å²) < 4.78 is 64.0. The molecular formula is C14H12F5N2S+. The minimum atomic E-state index is -9.70. The molecule has 2 nitrogen and oxygen atoms in total. The van der Waals surface area contributed by atoms with Gasteiger partial charge in [-0.05, 0) is 48.7 Å². The van der Waals surface area contributed by atoms with Gasteiger partial charge in [0.05, 0.1) is 5.56 Å². The molecule has 0 fully saturated rings. The van der Waals surface area contributed by atoms with Gasteiger partial charge in [0.2, 0.25) is 5.39 Å². The summed E-state index contributed by atoms with van der Waals surface area (Å²) in [6.07, 6.45) is 0. The smallest absolute Gasteiger partial charge is 0.0936 e. The Morgan fingerprint density at radius 2 is 1.45 bits per heavy atom. The van der Waals surface area contributed by atoms with Crippen molar-refractivity contribution in [3.8, 4) is 11.1 Å². The predicted octanol–water partition coefficient (Wildman–Crippen LogP) is 7.11. The van der Waals surface area contributed by atoms with Crippen LogP contribution in [-0.2, 0) is 0 Å². The van der Waals surface area contributed by atoms with E-state index < -0.39 is 15.1 Å². The Kier molecular flexibility index (Phi) is 3.10. The molecule has 0 atom stereocenters. The van der Waals surface area contributed by atoms with E-state index in [0.717, 1.165) is 11.6 Å². The summed E-state index contributed by atoms with van der Waals surface area (Å²) in [4.78, 5) is 1.15. The summed E-state index contributed by atoms with van der Waals surface area (Å²) in [5.41, 5.74) is 1.61. The summed E-state index contributed by atoms with van der Waals surface area (Å²) in [6.45, 7) is 3.05. The third-order valence-corrected chi connectivity index (χ3v) is 4.34. The number of nitrogens with zero attached hydrogens (tertiary/aromatic N) is 2. The average molecular weight is 335 g/mol. The summed E-state index contributed by atoms with van der Waals surface area (Å²) >= 11 is 0. The topological polar surface area (TPSA) is 28.1 Å². The van der Waals surface area contributed by atoms with Crippen LogP contribution in [0.25, 0.3) is 16.1 Å². The van der Waals surface area contributed by atoms with Crippen LogP contribution >= 0.6 is 10.2 Å². The first-order chi connectivity index (χ1) is 9.81. The van der Waals surface area contributed by atoms with Gasteiger partial charge in [-0.3, -0.25) is 0 Å². The van der Waals surface area contributed by atoms with E-state index in [1.165, 1.54) is 13.0 Å². The maximum absolute atomic E-state index is 12.8. The molecule has 0 unspecified atom stereocenters. The van der Waals surface area contributed by atoms with Crippen LogP contribution in [0.2, 0.25) is 0 Å². The van der Waals surface area contributed by atoms with Crippen molar-refractivity contribution in [3.05, 3.63) is 52.5 Å². The molecule has 0 saturated heterocycles. The van der Waals surface area contributed by atoms with E-state index in [1.807, 2.05) is 0 Å². The Labute approximate surface area is 123 Å². The molecule has 0 saturated carbocycles. The minimum Gasteiger partial charge on any atom is -0.0936 e. The molecule has 0 bridgehead atoms. The third kappa shape index (κ3) is 3.20. The van der Waals surface area contributed by atoms with Gasteiger partial charge in [-0.2, -0.15) is 0 Å². The zero-order valence-electron chi connectivity index (χ0n) is 11.7. The van der Waals surface area contributed by atoms with E-state index in [4.69, 9.17) is 5.39 Å². The Hall–Kier alpha value is -2.14. The van der Waals surface area contributed by atoms with Gasteiger partial charge >= 0.3 is 15.9 Å². The van der Waals surface area contributed by atoms with Crippen molar-refractivity contribution in [2.45, 2.75) is 18.7 Å². The number of benzene rings is 2. The maximum atomic E-state index is 12.8. The summed E-state index contributed by atoms with van der Waals surface area (Å²) in [7, 11) is -9.70. The van der Waals surface area contributed by atoms with Crippen LogP contribution in [0.5, 0.6) is 0 Å². The summed E-state index contributed by atoms with van der Waals surface area (Å²) in [5, 5.41) is 8.99. The normalized spacial score (nSPS) is 14.8. The lowest BCUT2D eigenvalue weighted by atomic mass is 9.98. The van der Waals surface area contributed by atoms with Crippen molar-refractivity contribution < 1.29 is 19.4 Å². The molecule has 0 aliphatic carbocycles. The van der Waals surface area contributed by atoms with Crippen molar-refractivity contribution in [2.75, 3.05) is 0 Å². The van der Waals surface area contributed by atoms with Crippen LogP contribution < -0.4 is 0 Å². The van der Waals surface area contributed by atoms with Crippen molar-refractivity contribution in [3.63, 3.8) is 0 Å². The lowest BCUT2D eigenvalue weighted by Crippen LogP contribution is -2.06. The molecule has 0 heterocycles. The number of rotatable bonds is 2. The first kappa shape index (κ1) is 16.2.